The molecule has 0 bridgehead atoms. The predicted molar refractivity (Wildman–Crippen MR) is 57.2 cm³/mol. The minimum Gasteiger partial charge on any atom is -0.103 e. The molecular formula is C12H24. The zero-order valence-corrected chi connectivity index (χ0v) is 9.35. The molecule has 1 fully saturated rings. The molecule has 12 heavy (non-hydrogen) atoms. The van der Waals surface area contributed by atoms with Crippen LogP contribution in [0.2, 0.25) is 0 Å². The van der Waals surface area contributed by atoms with Crippen LogP contribution in [0, 0.1) is 17.3 Å². The van der Waals surface area contributed by atoms with Gasteiger partial charge in [0.05, 0.1) is 0 Å². The van der Waals surface area contributed by atoms with E-state index in [4.69, 9.17) is 0 Å². The van der Waals surface area contributed by atoms with E-state index in [0.717, 1.165) is 17.3 Å². The van der Waals surface area contributed by atoms with Gasteiger partial charge < -0.3 is 0 Å². The molecule has 1 aliphatic carbocycles. The third-order valence-electron chi connectivity index (χ3n) is 3.51. The fourth-order valence-corrected chi connectivity index (χ4v) is 2.06. The van der Waals surface area contributed by atoms with Crippen LogP contribution in [0.5, 0.6) is 0 Å². The second kappa shape index (κ2) is 4.69. The van der Waals surface area contributed by atoms with Crippen molar-refractivity contribution in [2.75, 3.05) is 0 Å². The van der Waals surface area contributed by atoms with Gasteiger partial charge in [0.25, 0.3) is 0 Å². The number of hydrogen-bond acceptors (Lipinski definition) is 0. The monoisotopic (exact) mass is 168 g/mol. The molecule has 0 radical (unpaired) electrons. The van der Waals surface area contributed by atoms with E-state index in [1.165, 1.54) is 12.8 Å². The van der Waals surface area contributed by atoms with Crippen molar-refractivity contribution in [2.24, 2.45) is 17.3 Å². The second-order valence-electron chi connectivity index (χ2n) is 4.24. The summed E-state index contributed by atoms with van der Waals surface area (Å²) in [4.78, 5) is 0. The molecule has 2 unspecified atom stereocenters. The minimum atomic E-state index is 0.717. The maximum absolute atomic E-state index is 3.36. The highest BCUT2D eigenvalue weighted by Crippen LogP contribution is 2.60. The molecule has 0 aromatic carbocycles. The maximum Gasteiger partial charge on any atom is -0.0269 e. The van der Waals surface area contributed by atoms with Crippen LogP contribution in [0.4, 0.5) is 0 Å². The summed E-state index contributed by atoms with van der Waals surface area (Å²) >= 11 is 0. The molecule has 0 aliphatic heterocycles. The summed E-state index contributed by atoms with van der Waals surface area (Å²) in [6.45, 7) is 14.7. The lowest BCUT2D eigenvalue weighted by atomic mass is 9.99. The standard InChI is InChI=1S/C9H18.C3H6/c1-5-6-9(4)7(2)8(9)3;1-3-2/h7-8H,5-6H2,1-4H3;3H,1H2,2H3. The van der Waals surface area contributed by atoms with Crippen LogP contribution in [0.1, 0.15) is 47.5 Å². The molecule has 72 valence electrons. The van der Waals surface area contributed by atoms with Crippen molar-refractivity contribution in [3.8, 4) is 0 Å². The Morgan fingerprint density at radius 2 is 1.67 bits per heavy atom. The molecule has 0 amide bonds. The Balaban J connectivity index is 0.000000354. The first-order valence-electron chi connectivity index (χ1n) is 5.11. The van der Waals surface area contributed by atoms with Gasteiger partial charge in [0.1, 0.15) is 0 Å². The summed E-state index contributed by atoms with van der Waals surface area (Å²) in [6, 6.07) is 0. The van der Waals surface area contributed by atoms with Gasteiger partial charge in [-0.1, -0.05) is 40.2 Å². The number of rotatable bonds is 2. The van der Waals surface area contributed by atoms with Crippen molar-refractivity contribution in [2.45, 2.75) is 47.5 Å². The lowest BCUT2D eigenvalue weighted by Crippen LogP contribution is -1.96. The number of allylic oxidation sites excluding steroid dienone is 1. The first-order chi connectivity index (χ1) is 5.54. The summed E-state index contributed by atoms with van der Waals surface area (Å²) < 4.78 is 0. The molecule has 0 saturated heterocycles. The molecule has 0 aromatic rings. The molecule has 0 nitrogen and oxygen atoms in total. The van der Waals surface area contributed by atoms with Crippen LogP contribution >= 0.6 is 0 Å². The van der Waals surface area contributed by atoms with Crippen molar-refractivity contribution < 1.29 is 0 Å². The van der Waals surface area contributed by atoms with Crippen LogP contribution in [-0.4, -0.2) is 0 Å². The smallest absolute Gasteiger partial charge is 0.0269 e. The highest BCUT2D eigenvalue weighted by Gasteiger charge is 2.53. The quantitative estimate of drug-likeness (QED) is 0.540. The Morgan fingerprint density at radius 3 is 1.75 bits per heavy atom. The van der Waals surface area contributed by atoms with Crippen molar-refractivity contribution in [1.82, 2.24) is 0 Å². The van der Waals surface area contributed by atoms with E-state index in [0.29, 0.717) is 0 Å². The molecule has 0 heteroatoms. The van der Waals surface area contributed by atoms with Gasteiger partial charge in [0.15, 0.2) is 0 Å². The lowest BCUT2D eigenvalue weighted by Gasteiger charge is -2.06. The SMILES string of the molecule is C=CC.CCCC1(C)C(C)C1C. The second-order valence-corrected chi connectivity index (χ2v) is 4.24. The summed E-state index contributed by atoms with van der Waals surface area (Å²) in [7, 11) is 0. The molecule has 0 spiro atoms. The Labute approximate surface area is 78.1 Å². The molecule has 0 heterocycles. The van der Waals surface area contributed by atoms with Crippen LogP contribution in [0.15, 0.2) is 12.7 Å². The van der Waals surface area contributed by atoms with E-state index in [1.807, 2.05) is 6.92 Å². The summed E-state index contributed by atoms with van der Waals surface area (Å²) in [5.41, 5.74) is 0.717. The Morgan fingerprint density at radius 1 is 1.33 bits per heavy atom. The van der Waals surface area contributed by atoms with Crippen molar-refractivity contribution >= 4 is 0 Å². The van der Waals surface area contributed by atoms with Crippen LogP contribution < -0.4 is 0 Å². The largest absolute Gasteiger partial charge is 0.103 e. The minimum absolute atomic E-state index is 0.717. The van der Waals surface area contributed by atoms with Gasteiger partial charge in [-0.25, -0.2) is 0 Å². The zero-order valence-electron chi connectivity index (χ0n) is 9.35. The van der Waals surface area contributed by atoms with Gasteiger partial charge >= 0.3 is 0 Å². The first-order valence-corrected chi connectivity index (χ1v) is 5.11. The highest BCUT2D eigenvalue weighted by molar-refractivity contribution is 5.02. The fourth-order valence-electron chi connectivity index (χ4n) is 2.06. The first kappa shape index (κ1) is 11.7. The van der Waals surface area contributed by atoms with Gasteiger partial charge in [-0.15, -0.1) is 6.58 Å². The van der Waals surface area contributed by atoms with E-state index < -0.39 is 0 Å². The fraction of sp³-hybridized carbons (Fsp3) is 0.833. The van der Waals surface area contributed by atoms with Gasteiger partial charge in [-0.2, -0.15) is 0 Å². The Hall–Kier alpha value is -0.260. The van der Waals surface area contributed by atoms with Crippen LogP contribution in [0.3, 0.4) is 0 Å². The van der Waals surface area contributed by atoms with E-state index in [-0.39, 0.29) is 0 Å². The van der Waals surface area contributed by atoms with E-state index >= 15 is 0 Å². The molecule has 1 aliphatic rings. The van der Waals surface area contributed by atoms with E-state index in [1.54, 1.807) is 6.08 Å². The zero-order chi connectivity index (χ0) is 9.78. The van der Waals surface area contributed by atoms with Gasteiger partial charge in [-0.3, -0.25) is 0 Å². The van der Waals surface area contributed by atoms with Crippen molar-refractivity contribution in [1.29, 1.82) is 0 Å². The van der Waals surface area contributed by atoms with Crippen LogP contribution in [-0.2, 0) is 0 Å². The van der Waals surface area contributed by atoms with Gasteiger partial charge in [-0.05, 0) is 30.6 Å². The summed E-state index contributed by atoms with van der Waals surface area (Å²) in [5.74, 6) is 1.97. The summed E-state index contributed by atoms with van der Waals surface area (Å²) in [6.07, 6.45) is 4.53. The highest BCUT2D eigenvalue weighted by atomic mass is 14.6. The summed E-state index contributed by atoms with van der Waals surface area (Å²) in [5, 5.41) is 0. The predicted octanol–water partition coefficient (Wildman–Crippen LogP) is 4.27. The van der Waals surface area contributed by atoms with E-state index in [9.17, 15) is 0 Å². The molecule has 1 saturated carbocycles. The van der Waals surface area contributed by atoms with Gasteiger partial charge in [0, 0.05) is 0 Å². The average molecular weight is 168 g/mol. The third-order valence-corrected chi connectivity index (χ3v) is 3.51. The number of hydrogen-bond donors (Lipinski definition) is 0. The third kappa shape index (κ3) is 2.36. The molecular weight excluding hydrogens is 144 g/mol. The van der Waals surface area contributed by atoms with Gasteiger partial charge in [0.2, 0.25) is 0 Å². The molecule has 2 atom stereocenters. The van der Waals surface area contributed by atoms with Crippen molar-refractivity contribution in [3.63, 3.8) is 0 Å². The van der Waals surface area contributed by atoms with Crippen LogP contribution in [0.25, 0.3) is 0 Å². The Bertz CT molecular complexity index is 127. The normalized spacial score (nSPS) is 38.1. The van der Waals surface area contributed by atoms with Crippen molar-refractivity contribution in [3.05, 3.63) is 12.7 Å². The average Bonchev–Trinajstić information content (AvgIpc) is 2.44. The van der Waals surface area contributed by atoms with E-state index in [2.05, 4.69) is 34.3 Å². The molecule has 0 aromatic heterocycles. The molecule has 1 rings (SSSR count). The lowest BCUT2D eigenvalue weighted by molar-refractivity contribution is 0.446. The topological polar surface area (TPSA) is 0 Å². The maximum atomic E-state index is 3.36. The molecule has 0 N–H and O–H groups in total. The Kier molecular flexibility index (Phi) is 4.59.